The number of halogens is 1. The van der Waals surface area contributed by atoms with Crippen LogP contribution in [0.15, 0.2) is 35.2 Å². The first kappa shape index (κ1) is 18.0. The molecule has 3 heterocycles. The maximum Gasteiger partial charge on any atom is 0.268 e. The van der Waals surface area contributed by atoms with Crippen LogP contribution in [0.4, 0.5) is 5.69 Å². The molecule has 0 aliphatic carbocycles. The van der Waals surface area contributed by atoms with E-state index in [0.29, 0.717) is 33.7 Å². The lowest BCUT2D eigenvalue weighted by atomic mass is 10.0. The second-order valence-corrected chi connectivity index (χ2v) is 10.2. The van der Waals surface area contributed by atoms with Crippen LogP contribution in [0, 0.1) is 0 Å². The van der Waals surface area contributed by atoms with Gasteiger partial charge in [0.2, 0.25) is 10.0 Å². The second-order valence-electron chi connectivity index (χ2n) is 6.57. The van der Waals surface area contributed by atoms with Gasteiger partial charge in [0.1, 0.15) is 0 Å². The minimum Gasteiger partial charge on any atom is -0.307 e. The van der Waals surface area contributed by atoms with Crippen LogP contribution in [0.3, 0.4) is 0 Å². The molecule has 0 N–H and O–H groups in total. The van der Waals surface area contributed by atoms with Crippen LogP contribution < -0.4 is 4.90 Å². The Balaban J connectivity index is 1.67. The molecule has 0 saturated carbocycles. The Morgan fingerprint density at radius 2 is 1.81 bits per heavy atom. The average molecular weight is 411 g/mol. The van der Waals surface area contributed by atoms with Crippen molar-refractivity contribution in [2.75, 3.05) is 24.5 Å². The molecule has 26 heavy (non-hydrogen) atoms. The van der Waals surface area contributed by atoms with Gasteiger partial charge in [0, 0.05) is 25.3 Å². The SMILES string of the molecule is O=C(c1ccc(Cl)s1)N1CCCc2cc(S(=O)(=O)N3CCCC3)ccc21. The van der Waals surface area contributed by atoms with Crippen molar-refractivity contribution in [1.29, 1.82) is 0 Å². The van der Waals surface area contributed by atoms with E-state index in [1.54, 1.807) is 39.5 Å². The summed E-state index contributed by atoms with van der Waals surface area (Å²) in [5.74, 6) is -0.0852. The molecule has 1 aromatic carbocycles. The van der Waals surface area contributed by atoms with Gasteiger partial charge in [-0.15, -0.1) is 11.3 Å². The molecule has 8 heteroatoms. The first-order chi connectivity index (χ1) is 12.5. The zero-order chi connectivity index (χ0) is 18.3. The van der Waals surface area contributed by atoms with Gasteiger partial charge in [0.05, 0.1) is 14.1 Å². The third-order valence-corrected chi connectivity index (χ3v) is 8.02. The molecule has 5 nitrogen and oxygen atoms in total. The van der Waals surface area contributed by atoms with Crippen LogP contribution in [0.1, 0.15) is 34.5 Å². The van der Waals surface area contributed by atoms with E-state index in [4.69, 9.17) is 11.6 Å². The summed E-state index contributed by atoms with van der Waals surface area (Å²) in [5.41, 5.74) is 1.71. The standard InChI is InChI=1S/C18H19ClN2O3S2/c19-17-8-7-16(25-17)18(22)21-11-3-4-13-12-14(5-6-15(13)21)26(23,24)20-9-1-2-10-20/h5-8,12H,1-4,9-11H2. The van der Waals surface area contributed by atoms with Gasteiger partial charge in [-0.25, -0.2) is 8.42 Å². The summed E-state index contributed by atoms with van der Waals surface area (Å²) < 4.78 is 27.7. The Bertz CT molecular complexity index is 949. The highest BCUT2D eigenvalue weighted by Crippen LogP contribution is 2.33. The summed E-state index contributed by atoms with van der Waals surface area (Å²) in [5, 5.41) is 0. The van der Waals surface area contributed by atoms with Crippen LogP contribution in [0.5, 0.6) is 0 Å². The van der Waals surface area contributed by atoms with Crippen molar-refractivity contribution >= 4 is 44.6 Å². The predicted molar refractivity (Wildman–Crippen MR) is 104 cm³/mol. The van der Waals surface area contributed by atoms with E-state index in [0.717, 1.165) is 36.9 Å². The molecule has 0 unspecified atom stereocenters. The number of carbonyl (C=O) groups excluding carboxylic acids is 1. The highest BCUT2D eigenvalue weighted by molar-refractivity contribution is 7.89. The number of amides is 1. The van der Waals surface area contributed by atoms with Gasteiger partial charge < -0.3 is 4.90 Å². The van der Waals surface area contributed by atoms with Gasteiger partial charge in [-0.3, -0.25) is 4.79 Å². The fraction of sp³-hybridized carbons (Fsp3) is 0.389. The minimum atomic E-state index is -3.44. The minimum absolute atomic E-state index is 0.0852. The van der Waals surface area contributed by atoms with E-state index in [9.17, 15) is 13.2 Å². The molecule has 0 spiro atoms. The number of sulfonamides is 1. The fourth-order valence-electron chi connectivity index (χ4n) is 3.58. The smallest absolute Gasteiger partial charge is 0.268 e. The second kappa shape index (κ2) is 6.96. The maximum absolute atomic E-state index is 12.8. The van der Waals surface area contributed by atoms with Crippen LogP contribution in [-0.4, -0.2) is 38.3 Å². The van der Waals surface area contributed by atoms with Crippen molar-refractivity contribution in [3.63, 3.8) is 0 Å². The number of benzene rings is 1. The number of rotatable bonds is 3. The van der Waals surface area contributed by atoms with E-state index in [2.05, 4.69) is 0 Å². The fourth-order valence-corrected chi connectivity index (χ4v) is 6.15. The first-order valence-electron chi connectivity index (χ1n) is 8.67. The van der Waals surface area contributed by atoms with Crippen LogP contribution >= 0.6 is 22.9 Å². The molecule has 0 radical (unpaired) electrons. The molecule has 2 aromatic rings. The number of fused-ring (bicyclic) bond motifs is 1. The summed E-state index contributed by atoms with van der Waals surface area (Å²) >= 11 is 7.21. The summed E-state index contributed by atoms with van der Waals surface area (Å²) in [7, 11) is -3.44. The van der Waals surface area contributed by atoms with Crippen molar-refractivity contribution in [3.05, 3.63) is 45.1 Å². The van der Waals surface area contributed by atoms with Crippen molar-refractivity contribution in [3.8, 4) is 0 Å². The zero-order valence-electron chi connectivity index (χ0n) is 14.2. The van der Waals surface area contributed by atoms with Crippen LogP contribution in [0.2, 0.25) is 4.34 Å². The third kappa shape index (κ3) is 3.17. The largest absolute Gasteiger partial charge is 0.307 e. The van der Waals surface area contributed by atoms with Crippen LogP contribution in [0.25, 0.3) is 0 Å². The Morgan fingerprint density at radius 1 is 1.04 bits per heavy atom. The van der Waals surface area contributed by atoms with Crippen molar-refractivity contribution in [2.24, 2.45) is 0 Å². The lowest BCUT2D eigenvalue weighted by Gasteiger charge is -2.30. The summed E-state index contributed by atoms with van der Waals surface area (Å²) in [4.78, 5) is 15.5. The molecule has 2 aliphatic heterocycles. The summed E-state index contributed by atoms with van der Waals surface area (Å²) in [6, 6.07) is 8.58. The van der Waals surface area contributed by atoms with Gasteiger partial charge in [0.25, 0.3) is 5.91 Å². The van der Waals surface area contributed by atoms with E-state index in [1.165, 1.54) is 11.3 Å². The Labute approximate surface area is 162 Å². The maximum atomic E-state index is 12.8. The molecule has 1 saturated heterocycles. The molecule has 138 valence electrons. The molecule has 1 amide bonds. The number of anilines is 1. The van der Waals surface area contributed by atoms with Gasteiger partial charge in [0.15, 0.2) is 0 Å². The van der Waals surface area contributed by atoms with Crippen molar-refractivity contribution in [1.82, 2.24) is 4.31 Å². The average Bonchev–Trinajstić information content (AvgIpc) is 3.32. The number of aryl methyl sites for hydroxylation is 1. The molecule has 1 aromatic heterocycles. The molecule has 0 bridgehead atoms. The third-order valence-electron chi connectivity index (χ3n) is 4.90. The number of hydrogen-bond donors (Lipinski definition) is 0. The molecule has 1 fully saturated rings. The quantitative estimate of drug-likeness (QED) is 0.773. The molecule has 0 atom stereocenters. The lowest BCUT2D eigenvalue weighted by Crippen LogP contribution is -2.35. The van der Waals surface area contributed by atoms with E-state index < -0.39 is 10.0 Å². The number of thiophene rings is 1. The van der Waals surface area contributed by atoms with Gasteiger partial charge in [-0.1, -0.05) is 11.6 Å². The monoisotopic (exact) mass is 410 g/mol. The number of carbonyl (C=O) groups is 1. The molecular weight excluding hydrogens is 392 g/mol. The van der Waals surface area contributed by atoms with E-state index in [1.807, 2.05) is 0 Å². The Hall–Kier alpha value is -1.41. The molecule has 4 rings (SSSR count). The summed E-state index contributed by atoms with van der Waals surface area (Å²) in [6.07, 6.45) is 3.41. The Morgan fingerprint density at radius 3 is 2.50 bits per heavy atom. The van der Waals surface area contributed by atoms with Gasteiger partial charge in [-0.2, -0.15) is 4.31 Å². The highest BCUT2D eigenvalue weighted by Gasteiger charge is 2.30. The number of nitrogens with zero attached hydrogens (tertiary/aromatic N) is 2. The van der Waals surface area contributed by atoms with Gasteiger partial charge >= 0.3 is 0 Å². The first-order valence-corrected chi connectivity index (χ1v) is 11.3. The van der Waals surface area contributed by atoms with Gasteiger partial charge in [-0.05, 0) is 61.6 Å². The summed E-state index contributed by atoms with van der Waals surface area (Å²) in [6.45, 7) is 1.80. The zero-order valence-corrected chi connectivity index (χ0v) is 16.5. The normalized spacial score (nSPS) is 18.1. The topological polar surface area (TPSA) is 57.7 Å². The predicted octanol–water partition coefficient (Wildman–Crippen LogP) is 3.78. The Kier molecular flexibility index (Phi) is 4.81. The van der Waals surface area contributed by atoms with Crippen molar-refractivity contribution < 1.29 is 13.2 Å². The van der Waals surface area contributed by atoms with E-state index >= 15 is 0 Å². The van der Waals surface area contributed by atoms with E-state index in [-0.39, 0.29) is 5.91 Å². The highest BCUT2D eigenvalue weighted by atomic mass is 35.5. The van der Waals surface area contributed by atoms with Crippen molar-refractivity contribution in [2.45, 2.75) is 30.6 Å². The van der Waals surface area contributed by atoms with Crippen LogP contribution in [-0.2, 0) is 16.4 Å². The molecule has 2 aliphatic rings. The number of hydrogen-bond acceptors (Lipinski definition) is 4. The molecular formula is C18H19ClN2O3S2. The lowest BCUT2D eigenvalue weighted by molar-refractivity contribution is 0.0989.